The van der Waals surface area contributed by atoms with Crippen LogP contribution in [0.2, 0.25) is 0 Å². The highest BCUT2D eigenvalue weighted by Gasteiger charge is 2.26. The topological polar surface area (TPSA) is 74.7 Å². The largest absolute Gasteiger partial charge is 0.455 e. The number of piperazine rings is 1. The number of nitrogens with one attached hydrogen (secondary N) is 1. The lowest BCUT2D eigenvalue weighted by Crippen LogP contribution is -2.53. The zero-order valence-electron chi connectivity index (χ0n) is 12.5. The molecule has 1 aromatic rings. The van der Waals surface area contributed by atoms with Crippen LogP contribution in [0.1, 0.15) is 37.1 Å². The maximum atomic E-state index is 11.3. The summed E-state index contributed by atoms with van der Waals surface area (Å²) < 4.78 is 5.49. The Bertz CT molecular complexity index is 456. The van der Waals surface area contributed by atoms with Crippen molar-refractivity contribution in [2.45, 2.75) is 32.9 Å². The molecule has 0 aliphatic carbocycles. The standard InChI is InChI=1S/C14H24N4O2/c1-14(2,3)18-8-6-17(7-9-18)10-11-4-5-12(20-11)13(19)16-15/h4-5H,6-10,15H2,1-3H3,(H,16,19). The first-order valence-electron chi connectivity index (χ1n) is 6.97. The van der Waals surface area contributed by atoms with Gasteiger partial charge in [-0.3, -0.25) is 20.0 Å². The minimum Gasteiger partial charge on any atom is -0.455 e. The van der Waals surface area contributed by atoms with Gasteiger partial charge in [-0.05, 0) is 32.9 Å². The summed E-state index contributed by atoms with van der Waals surface area (Å²) in [6, 6.07) is 3.49. The Labute approximate surface area is 119 Å². The molecule has 1 aromatic heterocycles. The Kier molecular flexibility index (Phi) is 4.47. The average Bonchev–Trinajstić information content (AvgIpc) is 2.86. The van der Waals surface area contributed by atoms with Gasteiger partial charge >= 0.3 is 5.91 Å². The van der Waals surface area contributed by atoms with Crippen LogP contribution in [-0.4, -0.2) is 47.4 Å². The zero-order valence-corrected chi connectivity index (χ0v) is 12.5. The predicted octanol–water partition coefficient (Wildman–Crippen LogP) is 0.799. The first-order chi connectivity index (χ1) is 9.40. The van der Waals surface area contributed by atoms with Crippen molar-refractivity contribution in [3.05, 3.63) is 23.7 Å². The van der Waals surface area contributed by atoms with E-state index in [2.05, 4.69) is 36.0 Å². The van der Waals surface area contributed by atoms with Crippen LogP contribution in [0, 0.1) is 0 Å². The molecule has 0 aromatic carbocycles. The summed E-state index contributed by atoms with van der Waals surface area (Å²) in [4.78, 5) is 16.1. The van der Waals surface area contributed by atoms with E-state index in [0.717, 1.165) is 38.5 Å². The molecule has 6 heteroatoms. The van der Waals surface area contributed by atoms with Crippen molar-refractivity contribution in [1.82, 2.24) is 15.2 Å². The molecule has 0 spiro atoms. The van der Waals surface area contributed by atoms with Crippen LogP contribution >= 0.6 is 0 Å². The number of carbonyl (C=O) groups is 1. The highest BCUT2D eigenvalue weighted by Crippen LogP contribution is 2.17. The molecule has 20 heavy (non-hydrogen) atoms. The summed E-state index contributed by atoms with van der Waals surface area (Å²) in [5.41, 5.74) is 2.29. The maximum Gasteiger partial charge on any atom is 0.300 e. The third-order valence-electron chi connectivity index (χ3n) is 3.72. The van der Waals surface area contributed by atoms with E-state index in [-0.39, 0.29) is 11.3 Å². The lowest BCUT2D eigenvalue weighted by Gasteiger charge is -2.42. The van der Waals surface area contributed by atoms with Gasteiger partial charge in [-0.1, -0.05) is 0 Å². The van der Waals surface area contributed by atoms with Crippen molar-refractivity contribution in [1.29, 1.82) is 0 Å². The second kappa shape index (κ2) is 5.95. The van der Waals surface area contributed by atoms with Gasteiger partial charge in [0.15, 0.2) is 5.76 Å². The average molecular weight is 280 g/mol. The number of hydrogen-bond donors (Lipinski definition) is 2. The van der Waals surface area contributed by atoms with Crippen LogP contribution < -0.4 is 11.3 Å². The van der Waals surface area contributed by atoms with E-state index in [4.69, 9.17) is 10.3 Å². The molecule has 112 valence electrons. The Hall–Kier alpha value is -1.37. The summed E-state index contributed by atoms with van der Waals surface area (Å²) in [5.74, 6) is 5.74. The van der Waals surface area contributed by atoms with Crippen LogP contribution in [0.5, 0.6) is 0 Å². The number of nitrogen functional groups attached to an aromatic ring is 1. The van der Waals surface area contributed by atoms with E-state index >= 15 is 0 Å². The summed E-state index contributed by atoms with van der Waals surface area (Å²) in [6.07, 6.45) is 0. The maximum absolute atomic E-state index is 11.3. The third-order valence-corrected chi connectivity index (χ3v) is 3.72. The number of carbonyl (C=O) groups excluding carboxylic acids is 1. The number of amides is 1. The van der Waals surface area contributed by atoms with Crippen molar-refractivity contribution in [3.8, 4) is 0 Å². The minimum atomic E-state index is -0.395. The normalized spacial score (nSPS) is 18.2. The van der Waals surface area contributed by atoms with Gasteiger partial charge in [0.05, 0.1) is 6.54 Å². The number of hydrogen-bond acceptors (Lipinski definition) is 5. The number of furan rings is 1. The van der Waals surface area contributed by atoms with Crippen molar-refractivity contribution in [3.63, 3.8) is 0 Å². The zero-order chi connectivity index (χ0) is 14.8. The fourth-order valence-corrected chi connectivity index (χ4v) is 2.45. The molecular weight excluding hydrogens is 256 g/mol. The Morgan fingerprint density at radius 2 is 1.95 bits per heavy atom. The Balaban J connectivity index is 1.87. The van der Waals surface area contributed by atoms with Gasteiger partial charge in [0.25, 0.3) is 0 Å². The fraction of sp³-hybridized carbons (Fsp3) is 0.643. The Morgan fingerprint density at radius 1 is 1.30 bits per heavy atom. The number of nitrogens with two attached hydrogens (primary N) is 1. The molecule has 1 saturated heterocycles. The highest BCUT2D eigenvalue weighted by atomic mass is 16.4. The number of rotatable bonds is 3. The molecule has 0 bridgehead atoms. The SMILES string of the molecule is CC(C)(C)N1CCN(Cc2ccc(C(=O)NN)o2)CC1. The van der Waals surface area contributed by atoms with Crippen LogP contribution in [0.3, 0.4) is 0 Å². The smallest absolute Gasteiger partial charge is 0.300 e. The highest BCUT2D eigenvalue weighted by molar-refractivity contribution is 5.90. The van der Waals surface area contributed by atoms with E-state index in [0.29, 0.717) is 0 Å². The van der Waals surface area contributed by atoms with Gasteiger partial charge < -0.3 is 4.42 Å². The van der Waals surface area contributed by atoms with Crippen molar-refractivity contribution in [2.24, 2.45) is 5.84 Å². The molecule has 2 rings (SSSR count). The van der Waals surface area contributed by atoms with Gasteiger partial charge in [0.1, 0.15) is 5.76 Å². The summed E-state index contributed by atoms with van der Waals surface area (Å²) in [5, 5.41) is 0. The molecule has 3 N–H and O–H groups in total. The lowest BCUT2D eigenvalue weighted by atomic mass is 10.1. The molecule has 0 radical (unpaired) electrons. The minimum absolute atomic E-state index is 0.225. The van der Waals surface area contributed by atoms with Crippen LogP contribution in [0.25, 0.3) is 0 Å². The number of nitrogens with zero attached hydrogens (tertiary/aromatic N) is 2. The third kappa shape index (κ3) is 3.59. The lowest BCUT2D eigenvalue weighted by molar-refractivity contribution is 0.0559. The second-order valence-corrected chi connectivity index (χ2v) is 6.17. The molecule has 0 atom stereocenters. The first-order valence-corrected chi connectivity index (χ1v) is 6.97. The first kappa shape index (κ1) is 15.0. The van der Waals surface area contributed by atoms with E-state index < -0.39 is 5.91 Å². The van der Waals surface area contributed by atoms with Crippen LogP contribution in [0.4, 0.5) is 0 Å². The summed E-state index contributed by atoms with van der Waals surface area (Å²) in [6.45, 7) is 11.6. The van der Waals surface area contributed by atoms with Gasteiger partial charge in [-0.25, -0.2) is 5.84 Å². The van der Waals surface area contributed by atoms with Crippen molar-refractivity contribution < 1.29 is 9.21 Å². The van der Waals surface area contributed by atoms with Crippen molar-refractivity contribution >= 4 is 5.91 Å². The van der Waals surface area contributed by atoms with Crippen molar-refractivity contribution in [2.75, 3.05) is 26.2 Å². The quantitative estimate of drug-likeness (QED) is 0.487. The molecule has 0 saturated carbocycles. The molecule has 0 unspecified atom stereocenters. The molecule has 1 aliphatic heterocycles. The van der Waals surface area contributed by atoms with Gasteiger partial charge in [0.2, 0.25) is 0 Å². The van der Waals surface area contributed by atoms with Crippen LogP contribution in [-0.2, 0) is 6.54 Å². The van der Waals surface area contributed by atoms with Gasteiger partial charge in [-0.2, -0.15) is 0 Å². The predicted molar refractivity (Wildman–Crippen MR) is 77.0 cm³/mol. The molecular formula is C14H24N4O2. The van der Waals surface area contributed by atoms with E-state index in [9.17, 15) is 4.79 Å². The number of hydrazine groups is 1. The fourth-order valence-electron chi connectivity index (χ4n) is 2.45. The summed E-state index contributed by atoms with van der Waals surface area (Å²) in [7, 11) is 0. The molecule has 1 amide bonds. The van der Waals surface area contributed by atoms with E-state index in [1.54, 1.807) is 6.07 Å². The monoisotopic (exact) mass is 280 g/mol. The van der Waals surface area contributed by atoms with Gasteiger partial charge in [-0.15, -0.1) is 0 Å². The molecule has 1 fully saturated rings. The second-order valence-electron chi connectivity index (χ2n) is 6.17. The molecule has 2 heterocycles. The van der Waals surface area contributed by atoms with E-state index in [1.807, 2.05) is 6.07 Å². The van der Waals surface area contributed by atoms with Gasteiger partial charge in [0, 0.05) is 31.7 Å². The summed E-state index contributed by atoms with van der Waals surface area (Å²) >= 11 is 0. The Morgan fingerprint density at radius 3 is 2.50 bits per heavy atom. The molecule has 1 aliphatic rings. The molecule has 6 nitrogen and oxygen atoms in total. The van der Waals surface area contributed by atoms with Crippen LogP contribution in [0.15, 0.2) is 16.5 Å². The van der Waals surface area contributed by atoms with E-state index in [1.165, 1.54) is 0 Å².